The number of halogens is 2. The Labute approximate surface area is 136 Å². The van der Waals surface area contributed by atoms with Crippen LogP contribution in [0.1, 0.15) is 30.3 Å². The third-order valence-electron chi connectivity index (χ3n) is 2.54. The van der Waals surface area contributed by atoms with Crippen molar-refractivity contribution in [3.05, 3.63) is 44.9 Å². The molecule has 0 spiro atoms. The summed E-state index contributed by atoms with van der Waals surface area (Å²) in [6.07, 6.45) is 3.02. The van der Waals surface area contributed by atoms with Gasteiger partial charge in [-0.05, 0) is 23.8 Å². The molecule has 0 aliphatic carbocycles. The third kappa shape index (κ3) is 4.52. The van der Waals surface area contributed by atoms with Crippen molar-refractivity contribution >= 4 is 51.7 Å². The number of nitrogens with one attached hydrogen (secondary N) is 1. The number of hydrogen-bond donors (Lipinski definition) is 1. The average Bonchev–Trinajstić information content (AvgIpc) is 2.86. The summed E-state index contributed by atoms with van der Waals surface area (Å²) in [5.41, 5.74) is 0.719. The maximum absolute atomic E-state index is 11.8. The van der Waals surface area contributed by atoms with Gasteiger partial charge in [0, 0.05) is 22.0 Å². The Morgan fingerprint density at radius 3 is 2.71 bits per heavy atom. The maximum atomic E-state index is 11.8. The second-order valence-corrected chi connectivity index (χ2v) is 6.44. The van der Waals surface area contributed by atoms with Crippen molar-refractivity contribution in [2.24, 2.45) is 0 Å². The summed E-state index contributed by atoms with van der Waals surface area (Å²) in [6.45, 7) is 4.04. The fraction of sp³-hybridized carbons (Fsp3) is 0.214. The van der Waals surface area contributed by atoms with Gasteiger partial charge in [-0.1, -0.05) is 54.5 Å². The zero-order chi connectivity index (χ0) is 15.4. The lowest BCUT2D eigenvalue weighted by atomic mass is 10.2. The van der Waals surface area contributed by atoms with Crippen molar-refractivity contribution < 1.29 is 4.79 Å². The van der Waals surface area contributed by atoms with Gasteiger partial charge in [0.1, 0.15) is 5.01 Å². The number of aromatic nitrogens is 2. The first-order valence-electron chi connectivity index (χ1n) is 6.23. The Kier molecular flexibility index (Phi) is 5.33. The molecule has 1 aromatic heterocycles. The standard InChI is InChI=1S/C14H13Cl2N3OS/c1-8(2)13-18-19-14(21-13)17-12(20)6-4-9-3-5-10(15)7-11(9)16/h3-8H,1-2H3,(H,17,19,20)/b6-4+. The van der Waals surface area contributed by atoms with Gasteiger partial charge in [0.05, 0.1) is 0 Å². The van der Waals surface area contributed by atoms with Crippen molar-refractivity contribution in [3.8, 4) is 0 Å². The molecule has 0 unspecified atom stereocenters. The highest BCUT2D eigenvalue weighted by molar-refractivity contribution is 7.15. The number of rotatable bonds is 4. The molecule has 1 amide bonds. The van der Waals surface area contributed by atoms with E-state index < -0.39 is 0 Å². The summed E-state index contributed by atoms with van der Waals surface area (Å²) < 4.78 is 0. The van der Waals surface area contributed by atoms with E-state index in [0.29, 0.717) is 15.2 Å². The summed E-state index contributed by atoms with van der Waals surface area (Å²) >= 11 is 13.2. The second kappa shape index (κ2) is 7.02. The molecule has 7 heteroatoms. The molecule has 2 rings (SSSR count). The zero-order valence-electron chi connectivity index (χ0n) is 11.4. The molecule has 1 heterocycles. The molecule has 2 aromatic rings. The first-order chi connectivity index (χ1) is 9.95. The van der Waals surface area contributed by atoms with Gasteiger partial charge in [0.2, 0.25) is 11.0 Å². The minimum Gasteiger partial charge on any atom is -0.297 e. The summed E-state index contributed by atoms with van der Waals surface area (Å²) in [7, 11) is 0. The monoisotopic (exact) mass is 341 g/mol. The highest BCUT2D eigenvalue weighted by Crippen LogP contribution is 2.23. The van der Waals surface area contributed by atoms with E-state index in [1.807, 2.05) is 13.8 Å². The number of carbonyl (C=O) groups is 1. The van der Waals surface area contributed by atoms with E-state index in [9.17, 15) is 4.79 Å². The maximum Gasteiger partial charge on any atom is 0.250 e. The smallest absolute Gasteiger partial charge is 0.250 e. The second-order valence-electron chi connectivity index (χ2n) is 4.59. The van der Waals surface area contributed by atoms with Crippen LogP contribution in [0.25, 0.3) is 6.08 Å². The van der Waals surface area contributed by atoms with Crippen molar-refractivity contribution in [2.75, 3.05) is 5.32 Å². The van der Waals surface area contributed by atoms with E-state index in [4.69, 9.17) is 23.2 Å². The van der Waals surface area contributed by atoms with Crippen LogP contribution in [-0.4, -0.2) is 16.1 Å². The largest absolute Gasteiger partial charge is 0.297 e. The predicted octanol–water partition coefficient (Wildman–Crippen LogP) is 4.62. The minimum absolute atomic E-state index is 0.285. The molecule has 0 aliphatic rings. The molecule has 0 bridgehead atoms. The molecule has 4 nitrogen and oxygen atoms in total. The van der Waals surface area contributed by atoms with Gasteiger partial charge in [0.15, 0.2) is 0 Å². The third-order valence-corrected chi connectivity index (χ3v) is 4.24. The minimum atomic E-state index is -0.285. The number of hydrogen-bond acceptors (Lipinski definition) is 4. The van der Waals surface area contributed by atoms with E-state index in [-0.39, 0.29) is 11.8 Å². The Bertz CT molecular complexity index is 683. The predicted molar refractivity (Wildman–Crippen MR) is 88.1 cm³/mol. The quantitative estimate of drug-likeness (QED) is 0.825. The van der Waals surface area contributed by atoms with Gasteiger partial charge < -0.3 is 0 Å². The van der Waals surface area contributed by atoms with E-state index in [1.54, 1.807) is 24.3 Å². The lowest BCUT2D eigenvalue weighted by molar-refractivity contribution is -0.111. The molecular weight excluding hydrogens is 329 g/mol. The molecule has 0 saturated heterocycles. The fourth-order valence-electron chi connectivity index (χ4n) is 1.47. The van der Waals surface area contributed by atoms with Crippen LogP contribution in [0.4, 0.5) is 5.13 Å². The van der Waals surface area contributed by atoms with Crippen molar-refractivity contribution in [1.29, 1.82) is 0 Å². The number of benzene rings is 1. The lowest BCUT2D eigenvalue weighted by Gasteiger charge is -1.99. The van der Waals surface area contributed by atoms with E-state index in [1.165, 1.54) is 17.4 Å². The zero-order valence-corrected chi connectivity index (χ0v) is 13.8. The van der Waals surface area contributed by atoms with Crippen LogP contribution in [0, 0.1) is 0 Å². The molecule has 0 aliphatic heterocycles. The Hall–Kier alpha value is -1.43. The highest BCUT2D eigenvalue weighted by Gasteiger charge is 2.09. The Balaban J connectivity index is 2.02. The van der Waals surface area contributed by atoms with Crippen LogP contribution in [-0.2, 0) is 4.79 Å². The number of amides is 1. The first-order valence-corrected chi connectivity index (χ1v) is 7.80. The van der Waals surface area contributed by atoms with Gasteiger partial charge in [-0.15, -0.1) is 10.2 Å². The number of carbonyl (C=O) groups excluding carboxylic acids is 1. The van der Waals surface area contributed by atoms with Gasteiger partial charge in [-0.2, -0.15) is 0 Å². The molecule has 1 aromatic carbocycles. The molecule has 0 fully saturated rings. The Morgan fingerprint density at radius 1 is 1.33 bits per heavy atom. The Morgan fingerprint density at radius 2 is 2.10 bits per heavy atom. The van der Waals surface area contributed by atoms with Crippen LogP contribution in [0.2, 0.25) is 10.0 Å². The summed E-state index contributed by atoms with van der Waals surface area (Å²) in [5, 5.41) is 13.0. The van der Waals surface area contributed by atoms with Crippen LogP contribution in [0.5, 0.6) is 0 Å². The van der Waals surface area contributed by atoms with Crippen molar-refractivity contribution in [1.82, 2.24) is 10.2 Å². The summed E-state index contributed by atoms with van der Waals surface area (Å²) in [5.74, 6) is 0.00374. The molecule has 0 atom stereocenters. The molecule has 110 valence electrons. The van der Waals surface area contributed by atoms with Gasteiger partial charge in [-0.25, -0.2) is 0 Å². The summed E-state index contributed by atoms with van der Waals surface area (Å²) in [6, 6.07) is 5.08. The average molecular weight is 342 g/mol. The molecule has 0 radical (unpaired) electrons. The van der Waals surface area contributed by atoms with E-state index in [2.05, 4.69) is 15.5 Å². The van der Waals surface area contributed by atoms with Crippen LogP contribution in [0.15, 0.2) is 24.3 Å². The summed E-state index contributed by atoms with van der Waals surface area (Å²) in [4.78, 5) is 11.8. The highest BCUT2D eigenvalue weighted by atomic mass is 35.5. The molecule has 0 saturated carbocycles. The molecular formula is C14H13Cl2N3OS. The van der Waals surface area contributed by atoms with Crippen LogP contribution >= 0.6 is 34.5 Å². The van der Waals surface area contributed by atoms with Crippen molar-refractivity contribution in [2.45, 2.75) is 19.8 Å². The van der Waals surface area contributed by atoms with Gasteiger partial charge in [0.25, 0.3) is 0 Å². The number of nitrogens with zero attached hydrogens (tertiary/aromatic N) is 2. The lowest BCUT2D eigenvalue weighted by Crippen LogP contribution is -2.07. The molecule has 1 N–H and O–H groups in total. The van der Waals surface area contributed by atoms with Gasteiger partial charge in [-0.3, -0.25) is 10.1 Å². The normalized spacial score (nSPS) is 11.3. The molecule has 21 heavy (non-hydrogen) atoms. The first kappa shape index (κ1) is 15.9. The van der Waals surface area contributed by atoms with Gasteiger partial charge >= 0.3 is 0 Å². The van der Waals surface area contributed by atoms with E-state index >= 15 is 0 Å². The number of anilines is 1. The van der Waals surface area contributed by atoms with Crippen LogP contribution in [0.3, 0.4) is 0 Å². The fourth-order valence-corrected chi connectivity index (χ4v) is 2.69. The SMILES string of the molecule is CC(C)c1nnc(NC(=O)/C=C/c2ccc(Cl)cc2Cl)s1. The topological polar surface area (TPSA) is 54.9 Å². The van der Waals surface area contributed by atoms with Crippen molar-refractivity contribution in [3.63, 3.8) is 0 Å². The van der Waals surface area contributed by atoms with E-state index in [0.717, 1.165) is 10.6 Å². The van der Waals surface area contributed by atoms with Crippen LogP contribution < -0.4 is 5.32 Å².